The maximum Gasteiger partial charge on any atom is 0.239 e. The number of aliphatic hydroxyl groups excluding tert-OH is 1. The minimum absolute atomic E-state index is 0.110. The smallest absolute Gasteiger partial charge is 0.239 e. The van der Waals surface area contributed by atoms with Crippen LogP contribution in [0.5, 0.6) is 0 Å². The highest BCUT2D eigenvalue weighted by molar-refractivity contribution is 5.82. The van der Waals surface area contributed by atoms with Crippen molar-refractivity contribution in [2.45, 2.75) is 37.5 Å². The third-order valence-corrected chi connectivity index (χ3v) is 3.43. The molecule has 92 valence electrons. The highest BCUT2D eigenvalue weighted by atomic mass is 16.5. The van der Waals surface area contributed by atoms with Crippen LogP contribution < -0.4 is 5.32 Å². The number of methoxy groups -OCH3 is 1. The molecule has 0 radical (unpaired) electrons. The van der Waals surface area contributed by atoms with Gasteiger partial charge >= 0.3 is 0 Å². The molecule has 0 aromatic rings. The van der Waals surface area contributed by atoms with Crippen LogP contribution in [0.1, 0.15) is 19.3 Å². The van der Waals surface area contributed by atoms with Gasteiger partial charge in [-0.05, 0) is 19.3 Å². The summed E-state index contributed by atoms with van der Waals surface area (Å²) in [6.07, 6.45) is 2.23. The lowest BCUT2D eigenvalue weighted by atomic mass is 10.1. The average molecular weight is 228 g/mol. The van der Waals surface area contributed by atoms with Gasteiger partial charge in [-0.2, -0.15) is 0 Å². The van der Waals surface area contributed by atoms with Gasteiger partial charge in [0, 0.05) is 26.7 Å². The van der Waals surface area contributed by atoms with Crippen molar-refractivity contribution in [2.24, 2.45) is 0 Å². The van der Waals surface area contributed by atoms with Crippen LogP contribution in [0, 0.1) is 0 Å². The number of hydrogen-bond acceptors (Lipinski definition) is 4. The van der Waals surface area contributed by atoms with Crippen LogP contribution >= 0.6 is 0 Å². The van der Waals surface area contributed by atoms with Crippen molar-refractivity contribution < 1.29 is 14.6 Å². The highest BCUT2D eigenvalue weighted by Crippen LogP contribution is 2.16. The number of nitrogens with zero attached hydrogens (tertiary/aromatic N) is 1. The summed E-state index contributed by atoms with van der Waals surface area (Å²) in [6.45, 7) is 1.99. The van der Waals surface area contributed by atoms with Crippen molar-refractivity contribution in [1.82, 2.24) is 10.2 Å². The second-order valence-corrected chi connectivity index (χ2v) is 4.63. The van der Waals surface area contributed by atoms with Crippen molar-refractivity contribution in [2.75, 3.05) is 26.7 Å². The van der Waals surface area contributed by atoms with Crippen molar-refractivity contribution >= 4 is 5.91 Å². The molecule has 3 atom stereocenters. The monoisotopic (exact) mass is 228 g/mol. The largest absolute Gasteiger partial charge is 0.391 e. The Balaban J connectivity index is 1.87. The van der Waals surface area contributed by atoms with Gasteiger partial charge < -0.3 is 20.1 Å². The molecule has 5 nitrogen and oxygen atoms in total. The number of aliphatic hydroxyl groups is 1. The van der Waals surface area contributed by atoms with Gasteiger partial charge in [0.1, 0.15) is 0 Å². The van der Waals surface area contributed by atoms with Gasteiger partial charge in [0.15, 0.2) is 0 Å². The number of β-amino-alcohol motifs (C(OH)–C–C–N with tert-alkyl or cyclic N) is 1. The highest BCUT2D eigenvalue weighted by Gasteiger charge is 2.33. The molecule has 2 saturated heterocycles. The number of hydrogen-bond donors (Lipinski definition) is 2. The van der Waals surface area contributed by atoms with E-state index in [1.807, 2.05) is 0 Å². The number of piperidine rings is 1. The molecule has 2 heterocycles. The Morgan fingerprint density at radius 1 is 1.56 bits per heavy atom. The van der Waals surface area contributed by atoms with E-state index in [1.54, 1.807) is 12.0 Å². The lowest BCUT2D eigenvalue weighted by molar-refractivity contribution is -0.136. The predicted molar refractivity (Wildman–Crippen MR) is 59.0 cm³/mol. The number of nitrogens with one attached hydrogen (secondary N) is 1. The van der Waals surface area contributed by atoms with Gasteiger partial charge in [0.2, 0.25) is 5.91 Å². The van der Waals surface area contributed by atoms with Gasteiger partial charge in [-0.3, -0.25) is 4.79 Å². The standard InChI is InChI=1S/C11H20N2O3/c1-16-9-5-10(12-6-9)11(15)13-4-2-3-8(14)7-13/h8-10,12,14H,2-7H2,1H3/t8-,9?,10?/m0/s1. The first-order valence-electron chi connectivity index (χ1n) is 5.93. The van der Waals surface area contributed by atoms with Gasteiger partial charge in [-0.15, -0.1) is 0 Å². The molecule has 0 aromatic heterocycles. The van der Waals surface area contributed by atoms with E-state index in [9.17, 15) is 9.90 Å². The van der Waals surface area contributed by atoms with Crippen LogP contribution in [-0.2, 0) is 9.53 Å². The molecule has 2 N–H and O–H groups in total. The number of carbonyl (C=O) groups is 1. The van der Waals surface area contributed by atoms with Gasteiger partial charge in [-0.1, -0.05) is 0 Å². The number of amides is 1. The zero-order valence-electron chi connectivity index (χ0n) is 9.69. The molecule has 0 bridgehead atoms. The Hall–Kier alpha value is -0.650. The van der Waals surface area contributed by atoms with Crippen molar-refractivity contribution in [3.05, 3.63) is 0 Å². The maximum atomic E-state index is 12.1. The molecule has 2 fully saturated rings. The first kappa shape index (κ1) is 11.8. The maximum absolute atomic E-state index is 12.1. The molecular formula is C11H20N2O3. The molecule has 2 aliphatic rings. The molecule has 2 unspecified atom stereocenters. The van der Waals surface area contributed by atoms with E-state index in [4.69, 9.17) is 4.74 Å². The lowest BCUT2D eigenvalue weighted by Crippen LogP contribution is -2.49. The van der Waals surface area contributed by atoms with Crippen LogP contribution in [0.3, 0.4) is 0 Å². The zero-order valence-corrected chi connectivity index (χ0v) is 9.69. The lowest BCUT2D eigenvalue weighted by Gasteiger charge is -2.32. The normalized spacial score (nSPS) is 35.4. The molecule has 1 amide bonds. The first-order chi connectivity index (χ1) is 7.70. The molecule has 2 aliphatic heterocycles. The Bertz CT molecular complexity index is 260. The van der Waals surface area contributed by atoms with E-state index in [-0.39, 0.29) is 24.2 Å². The molecule has 0 saturated carbocycles. The summed E-state index contributed by atoms with van der Waals surface area (Å²) in [5.41, 5.74) is 0. The van der Waals surface area contributed by atoms with Gasteiger partial charge in [0.25, 0.3) is 0 Å². The minimum Gasteiger partial charge on any atom is -0.391 e. The number of rotatable bonds is 2. The quantitative estimate of drug-likeness (QED) is 0.659. The molecule has 0 spiro atoms. The summed E-state index contributed by atoms with van der Waals surface area (Å²) in [5, 5.41) is 12.7. The topological polar surface area (TPSA) is 61.8 Å². The summed E-state index contributed by atoms with van der Waals surface area (Å²) in [5.74, 6) is 0.110. The Kier molecular flexibility index (Phi) is 3.78. The third-order valence-electron chi connectivity index (χ3n) is 3.43. The van der Waals surface area contributed by atoms with Crippen molar-refractivity contribution in [1.29, 1.82) is 0 Å². The van der Waals surface area contributed by atoms with Crippen LogP contribution in [0.25, 0.3) is 0 Å². The number of likely N-dealkylation sites (tertiary alicyclic amines) is 1. The summed E-state index contributed by atoms with van der Waals surface area (Å²) in [7, 11) is 1.67. The van der Waals surface area contributed by atoms with Crippen LogP contribution in [0.15, 0.2) is 0 Å². The summed E-state index contributed by atoms with van der Waals surface area (Å²) < 4.78 is 5.22. The molecule has 0 aromatic carbocycles. The molecule has 2 rings (SSSR count). The SMILES string of the molecule is COC1CNC(C(=O)N2CCC[C@H](O)C2)C1. The second-order valence-electron chi connectivity index (χ2n) is 4.63. The van der Waals surface area contributed by atoms with Gasteiger partial charge in [0.05, 0.1) is 18.2 Å². The molecule has 16 heavy (non-hydrogen) atoms. The van der Waals surface area contributed by atoms with Crippen LogP contribution in [-0.4, -0.2) is 60.9 Å². The van der Waals surface area contributed by atoms with Crippen LogP contribution in [0.2, 0.25) is 0 Å². The zero-order chi connectivity index (χ0) is 11.5. The van der Waals surface area contributed by atoms with E-state index in [0.29, 0.717) is 6.54 Å². The van der Waals surface area contributed by atoms with E-state index >= 15 is 0 Å². The first-order valence-corrected chi connectivity index (χ1v) is 5.93. The summed E-state index contributed by atoms with van der Waals surface area (Å²) in [4.78, 5) is 13.9. The Labute approximate surface area is 95.8 Å². The third kappa shape index (κ3) is 2.53. The number of ether oxygens (including phenoxy) is 1. The fraction of sp³-hybridized carbons (Fsp3) is 0.909. The van der Waals surface area contributed by atoms with E-state index in [2.05, 4.69) is 5.32 Å². The van der Waals surface area contributed by atoms with E-state index < -0.39 is 0 Å². The van der Waals surface area contributed by atoms with Crippen LogP contribution in [0.4, 0.5) is 0 Å². The van der Waals surface area contributed by atoms with E-state index in [0.717, 1.165) is 32.4 Å². The fourth-order valence-electron chi connectivity index (χ4n) is 2.45. The van der Waals surface area contributed by atoms with Crippen molar-refractivity contribution in [3.8, 4) is 0 Å². The molecular weight excluding hydrogens is 208 g/mol. The Morgan fingerprint density at radius 2 is 2.38 bits per heavy atom. The Morgan fingerprint density at radius 3 is 3.00 bits per heavy atom. The van der Waals surface area contributed by atoms with E-state index in [1.165, 1.54) is 0 Å². The molecule has 0 aliphatic carbocycles. The summed E-state index contributed by atoms with van der Waals surface area (Å²) in [6, 6.07) is -0.129. The molecule has 5 heteroatoms. The number of carbonyl (C=O) groups excluding carboxylic acids is 1. The average Bonchev–Trinajstić information content (AvgIpc) is 2.76. The predicted octanol–water partition coefficient (Wildman–Crippen LogP) is -0.653. The summed E-state index contributed by atoms with van der Waals surface area (Å²) >= 11 is 0. The van der Waals surface area contributed by atoms with Crippen molar-refractivity contribution in [3.63, 3.8) is 0 Å². The fourth-order valence-corrected chi connectivity index (χ4v) is 2.45. The van der Waals surface area contributed by atoms with Gasteiger partial charge in [-0.25, -0.2) is 0 Å². The minimum atomic E-state index is -0.350. The second kappa shape index (κ2) is 5.12.